The second kappa shape index (κ2) is 7.07. The standard InChI is InChI=1S/C26H31NSSi/c1-17-20-12-13-27-24(25(20)28-23(17)16-29(5,6)7)19-14-18-10-8-9-11-21(18)22(15-19)26(2,3)4/h8-15H,16H2,1-7H3. The maximum absolute atomic E-state index is 4.88. The third-order valence-corrected chi connectivity index (χ3v) is 8.57. The van der Waals surface area contributed by atoms with Gasteiger partial charge in [-0.25, -0.2) is 0 Å². The molecule has 0 unspecified atom stereocenters. The lowest BCUT2D eigenvalue weighted by Gasteiger charge is -2.22. The van der Waals surface area contributed by atoms with Gasteiger partial charge >= 0.3 is 0 Å². The highest BCUT2D eigenvalue weighted by Crippen LogP contribution is 2.40. The highest BCUT2D eigenvalue weighted by Gasteiger charge is 2.22. The largest absolute Gasteiger partial charge is 0.255 e. The van der Waals surface area contributed by atoms with Crippen LogP contribution in [-0.4, -0.2) is 13.1 Å². The molecule has 0 atom stereocenters. The van der Waals surface area contributed by atoms with Gasteiger partial charge in [0.05, 0.1) is 10.4 Å². The average molecular weight is 418 g/mol. The summed E-state index contributed by atoms with van der Waals surface area (Å²) in [5.41, 5.74) is 5.29. The fourth-order valence-corrected chi connectivity index (χ4v) is 8.04. The van der Waals surface area contributed by atoms with Gasteiger partial charge in [0.1, 0.15) is 0 Å². The fraction of sp³-hybridized carbons (Fsp3) is 0.346. The number of aryl methyl sites for hydroxylation is 1. The van der Waals surface area contributed by atoms with Crippen molar-refractivity contribution in [1.29, 1.82) is 0 Å². The molecule has 0 aliphatic rings. The molecule has 0 spiro atoms. The van der Waals surface area contributed by atoms with Crippen LogP contribution in [0.4, 0.5) is 0 Å². The lowest BCUT2D eigenvalue weighted by molar-refractivity contribution is 0.596. The summed E-state index contributed by atoms with van der Waals surface area (Å²) in [6.45, 7) is 16.5. The van der Waals surface area contributed by atoms with Crippen LogP contribution in [0.2, 0.25) is 19.6 Å². The van der Waals surface area contributed by atoms with Crippen LogP contribution >= 0.6 is 11.3 Å². The van der Waals surface area contributed by atoms with Crippen molar-refractivity contribution in [2.45, 2.75) is 58.8 Å². The van der Waals surface area contributed by atoms with Gasteiger partial charge in [0, 0.05) is 24.7 Å². The zero-order valence-corrected chi connectivity index (χ0v) is 20.5. The first kappa shape index (κ1) is 20.3. The summed E-state index contributed by atoms with van der Waals surface area (Å²) in [5, 5.41) is 4.01. The van der Waals surface area contributed by atoms with Gasteiger partial charge in [0.2, 0.25) is 0 Å². The molecule has 0 bridgehead atoms. The second-order valence-electron chi connectivity index (χ2n) is 10.4. The minimum absolute atomic E-state index is 0.0812. The zero-order valence-electron chi connectivity index (χ0n) is 18.7. The van der Waals surface area contributed by atoms with Crippen molar-refractivity contribution in [2.75, 3.05) is 0 Å². The molecule has 3 heteroatoms. The molecular weight excluding hydrogens is 386 g/mol. The van der Waals surface area contributed by atoms with Crippen molar-refractivity contribution in [2.24, 2.45) is 0 Å². The van der Waals surface area contributed by atoms with E-state index in [0.29, 0.717) is 0 Å². The SMILES string of the molecule is Cc1c(C[Si](C)(C)C)sc2c(-c3cc(C(C)(C)C)c4ccccc4c3)nccc12. The Hall–Kier alpha value is -1.97. The van der Waals surface area contributed by atoms with E-state index >= 15 is 0 Å². The van der Waals surface area contributed by atoms with E-state index in [-0.39, 0.29) is 5.41 Å². The third-order valence-electron chi connectivity index (χ3n) is 5.59. The molecule has 4 aromatic rings. The Morgan fingerprint density at radius 1 is 0.966 bits per heavy atom. The zero-order chi connectivity index (χ0) is 21.0. The number of rotatable bonds is 3. The van der Waals surface area contributed by atoms with Gasteiger partial charge < -0.3 is 0 Å². The molecule has 4 rings (SSSR count). The van der Waals surface area contributed by atoms with Gasteiger partial charge in [-0.3, -0.25) is 4.98 Å². The number of pyridine rings is 1. The van der Waals surface area contributed by atoms with Crippen LogP contribution in [0.5, 0.6) is 0 Å². The quantitative estimate of drug-likeness (QED) is 0.306. The van der Waals surface area contributed by atoms with Gasteiger partial charge in [0.25, 0.3) is 0 Å². The van der Waals surface area contributed by atoms with Crippen molar-refractivity contribution < 1.29 is 0 Å². The van der Waals surface area contributed by atoms with Crippen molar-refractivity contribution in [3.8, 4) is 11.3 Å². The monoisotopic (exact) mass is 417 g/mol. The van der Waals surface area contributed by atoms with E-state index in [1.807, 2.05) is 17.5 Å². The van der Waals surface area contributed by atoms with Gasteiger partial charge in [0.15, 0.2) is 0 Å². The molecule has 2 aromatic heterocycles. The first-order valence-electron chi connectivity index (χ1n) is 10.5. The summed E-state index contributed by atoms with van der Waals surface area (Å²) in [5.74, 6) is 0. The topological polar surface area (TPSA) is 12.9 Å². The summed E-state index contributed by atoms with van der Waals surface area (Å²) < 4.78 is 1.34. The normalized spacial score (nSPS) is 12.8. The van der Waals surface area contributed by atoms with E-state index in [4.69, 9.17) is 4.98 Å². The van der Waals surface area contributed by atoms with Crippen LogP contribution in [0.25, 0.3) is 32.1 Å². The van der Waals surface area contributed by atoms with Crippen LogP contribution in [0.15, 0.2) is 48.7 Å². The van der Waals surface area contributed by atoms with Gasteiger partial charge in [-0.1, -0.05) is 64.7 Å². The first-order chi connectivity index (χ1) is 13.5. The Morgan fingerprint density at radius 3 is 2.38 bits per heavy atom. The molecule has 2 heterocycles. The highest BCUT2D eigenvalue weighted by atomic mass is 32.1. The lowest BCUT2D eigenvalue weighted by atomic mass is 9.82. The number of aromatic nitrogens is 1. The average Bonchev–Trinajstić information content (AvgIpc) is 2.94. The molecule has 2 aromatic carbocycles. The van der Waals surface area contributed by atoms with Crippen molar-refractivity contribution in [3.05, 3.63) is 64.7 Å². The number of hydrogen-bond acceptors (Lipinski definition) is 2. The van der Waals surface area contributed by atoms with Crippen molar-refractivity contribution in [3.63, 3.8) is 0 Å². The minimum Gasteiger partial charge on any atom is -0.255 e. The summed E-state index contributed by atoms with van der Waals surface area (Å²) in [4.78, 5) is 6.43. The number of benzene rings is 2. The third kappa shape index (κ3) is 3.91. The molecule has 0 radical (unpaired) electrons. The number of hydrogen-bond donors (Lipinski definition) is 0. The first-order valence-corrected chi connectivity index (χ1v) is 15.0. The van der Waals surface area contributed by atoms with Gasteiger partial charge in [-0.15, -0.1) is 11.3 Å². The number of nitrogens with zero attached hydrogens (tertiary/aromatic N) is 1. The Labute approximate surface area is 179 Å². The Balaban J connectivity index is 1.98. The maximum Gasteiger partial charge on any atom is 0.0880 e. The maximum atomic E-state index is 4.88. The molecule has 150 valence electrons. The summed E-state index contributed by atoms with van der Waals surface area (Å²) in [6, 6.07) is 16.9. The molecule has 0 saturated heterocycles. The molecule has 0 aliphatic heterocycles. The van der Waals surface area contributed by atoms with Crippen LogP contribution in [0, 0.1) is 6.92 Å². The molecule has 0 fully saturated rings. The Kier molecular flexibility index (Phi) is 4.95. The van der Waals surface area contributed by atoms with Crippen LogP contribution in [0.1, 0.15) is 36.8 Å². The predicted molar refractivity (Wildman–Crippen MR) is 133 cm³/mol. The van der Waals surface area contributed by atoms with Gasteiger partial charge in [-0.2, -0.15) is 0 Å². The van der Waals surface area contributed by atoms with Crippen LogP contribution in [-0.2, 0) is 11.5 Å². The molecule has 0 amide bonds. The van der Waals surface area contributed by atoms with Gasteiger partial charge in [-0.05, 0) is 63.9 Å². The summed E-state index contributed by atoms with van der Waals surface area (Å²) in [7, 11) is -1.17. The molecule has 0 aliphatic carbocycles. The van der Waals surface area contributed by atoms with E-state index in [0.717, 1.165) is 5.69 Å². The van der Waals surface area contributed by atoms with Crippen molar-refractivity contribution in [1.82, 2.24) is 4.98 Å². The van der Waals surface area contributed by atoms with Crippen LogP contribution in [0.3, 0.4) is 0 Å². The van der Waals surface area contributed by atoms with E-state index in [9.17, 15) is 0 Å². The van der Waals surface area contributed by atoms with E-state index in [2.05, 4.69) is 89.8 Å². The van der Waals surface area contributed by atoms with E-state index in [1.165, 1.54) is 43.6 Å². The molecular formula is C26H31NSSi. The Bertz CT molecular complexity index is 1210. The smallest absolute Gasteiger partial charge is 0.0880 e. The molecule has 0 N–H and O–H groups in total. The highest BCUT2D eigenvalue weighted by molar-refractivity contribution is 7.20. The molecule has 0 saturated carbocycles. The van der Waals surface area contributed by atoms with Crippen LogP contribution < -0.4 is 0 Å². The van der Waals surface area contributed by atoms with E-state index < -0.39 is 8.07 Å². The van der Waals surface area contributed by atoms with Crippen molar-refractivity contribution >= 4 is 40.3 Å². The summed E-state index contributed by atoms with van der Waals surface area (Å²) >= 11 is 1.96. The Morgan fingerprint density at radius 2 is 1.69 bits per heavy atom. The van der Waals surface area contributed by atoms with E-state index in [1.54, 1.807) is 4.88 Å². The fourth-order valence-electron chi connectivity index (χ4n) is 4.12. The molecule has 29 heavy (non-hydrogen) atoms. The number of fused-ring (bicyclic) bond motifs is 2. The second-order valence-corrected chi connectivity index (χ2v) is 17.0. The molecule has 1 nitrogen and oxygen atoms in total. The lowest BCUT2D eigenvalue weighted by Crippen LogP contribution is -2.23. The summed E-state index contributed by atoms with van der Waals surface area (Å²) in [6.07, 6.45) is 1.99. The number of thiophene rings is 1. The minimum atomic E-state index is -1.17. The predicted octanol–water partition coefficient (Wildman–Crippen LogP) is 8.14.